The van der Waals surface area contributed by atoms with Crippen molar-refractivity contribution in [1.29, 1.82) is 0 Å². The Kier molecular flexibility index (Phi) is 3.06. The molecule has 1 N–H and O–H groups in total. The number of aromatic nitrogens is 3. The lowest BCUT2D eigenvalue weighted by molar-refractivity contribution is -0.0773. The van der Waals surface area contributed by atoms with Crippen LogP contribution < -0.4 is 0 Å². The van der Waals surface area contributed by atoms with E-state index in [1.54, 1.807) is 11.3 Å². The Hall–Kier alpha value is -0.890. The summed E-state index contributed by atoms with van der Waals surface area (Å²) in [4.78, 5) is 4.28. The van der Waals surface area contributed by atoms with Gasteiger partial charge in [0, 0.05) is 12.5 Å². The monoisotopic (exact) mass is 243 g/mol. The molecule has 2 heterocycles. The van der Waals surface area contributed by atoms with E-state index in [0.29, 0.717) is 10.0 Å². The Morgan fingerprint density at radius 1 is 1.47 bits per heavy atom. The Balaban J connectivity index is 2.27. The molecule has 2 aromatic heterocycles. The van der Waals surface area contributed by atoms with Crippen LogP contribution >= 0.6 is 22.7 Å². The van der Waals surface area contributed by atoms with E-state index < -0.39 is 6.29 Å². The van der Waals surface area contributed by atoms with Crippen LogP contribution in [0.4, 0.5) is 0 Å². The van der Waals surface area contributed by atoms with Crippen molar-refractivity contribution in [1.82, 2.24) is 15.2 Å². The zero-order valence-electron chi connectivity index (χ0n) is 8.17. The number of nitrogens with zero attached hydrogens (tertiary/aromatic N) is 3. The second-order valence-corrected chi connectivity index (χ2v) is 4.86. The van der Waals surface area contributed by atoms with Gasteiger partial charge in [0.1, 0.15) is 5.69 Å². The highest BCUT2D eigenvalue weighted by molar-refractivity contribution is 7.15. The minimum atomic E-state index is -1.00. The minimum Gasteiger partial charge on any atom is -0.362 e. The third-order valence-electron chi connectivity index (χ3n) is 1.71. The van der Waals surface area contributed by atoms with E-state index in [1.165, 1.54) is 18.4 Å². The Morgan fingerprint density at radius 2 is 2.27 bits per heavy atom. The van der Waals surface area contributed by atoms with E-state index in [9.17, 15) is 5.11 Å². The maximum atomic E-state index is 9.36. The first-order chi connectivity index (χ1) is 7.20. The quantitative estimate of drug-likeness (QED) is 0.829. The summed E-state index contributed by atoms with van der Waals surface area (Å²) in [7, 11) is 1.42. The highest BCUT2D eigenvalue weighted by Gasteiger charge is 2.14. The van der Waals surface area contributed by atoms with Crippen molar-refractivity contribution < 1.29 is 9.84 Å². The Morgan fingerprint density at radius 3 is 2.87 bits per heavy atom. The zero-order chi connectivity index (χ0) is 10.8. The highest BCUT2D eigenvalue weighted by atomic mass is 32.1. The summed E-state index contributed by atoms with van der Waals surface area (Å²) >= 11 is 2.84. The Bertz CT molecular complexity index is 454. The van der Waals surface area contributed by atoms with Gasteiger partial charge in [-0.25, -0.2) is 4.98 Å². The largest absolute Gasteiger partial charge is 0.362 e. The number of thiazole rings is 1. The lowest BCUT2D eigenvalue weighted by Crippen LogP contribution is -1.97. The predicted octanol–water partition coefficient (Wildman–Crippen LogP) is 1.61. The van der Waals surface area contributed by atoms with E-state index in [4.69, 9.17) is 4.74 Å². The fourth-order valence-corrected chi connectivity index (χ4v) is 2.44. The molecule has 0 amide bonds. The van der Waals surface area contributed by atoms with Crippen molar-refractivity contribution in [2.24, 2.45) is 0 Å². The number of rotatable bonds is 3. The van der Waals surface area contributed by atoms with Gasteiger partial charge < -0.3 is 9.84 Å². The number of aryl methyl sites for hydroxylation is 1. The molecule has 2 rings (SSSR count). The predicted molar refractivity (Wildman–Crippen MR) is 57.7 cm³/mol. The molecule has 2 aromatic rings. The van der Waals surface area contributed by atoms with Gasteiger partial charge in [-0.15, -0.1) is 21.5 Å². The van der Waals surface area contributed by atoms with Crippen molar-refractivity contribution in [2.45, 2.75) is 13.2 Å². The van der Waals surface area contributed by atoms with Crippen LogP contribution in [-0.2, 0) is 4.74 Å². The molecular weight excluding hydrogens is 234 g/mol. The number of ether oxygens (including phenoxy) is 1. The third-order valence-corrected chi connectivity index (χ3v) is 3.46. The lowest BCUT2D eigenvalue weighted by atomic mass is 10.5. The molecule has 0 fully saturated rings. The number of hydrogen-bond donors (Lipinski definition) is 1. The first kappa shape index (κ1) is 10.6. The van der Waals surface area contributed by atoms with Gasteiger partial charge in [0.05, 0.1) is 5.01 Å². The van der Waals surface area contributed by atoms with Crippen LogP contribution in [0.15, 0.2) is 5.38 Å². The van der Waals surface area contributed by atoms with Crippen molar-refractivity contribution >= 4 is 22.7 Å². The molecule has 1 atom stereocenters. The van der Waals surface area contributed by atoms with Gasteiger partial charge >= 0.3 is 0 Å². The van der Waals surface area contributed by atoms with Gasteiger partial charge in [-0.05, 0) is 6.92 Å². The van der Waals surface area contributed by atoms with Crippen molar-refractivity contribution in [3.05, 3.63) is 15.4 Å². The van der Waals surface area contributed by atoms with Crippen LogP contribution in [0.3, 0.4) is 0 Å². The molecule has 0 aliphatic rings. The fraction of sp³-hybridized carbons (Fsp3) is 0.375. The molecule has 15 heavy (non-hydrogen) atoms. The standard InChI is InChI=1S/C8H9N3O2S2/c1-4-9-5(3-14-4)6-10-11-7(15-6)8(12)13-2/h3,8,12H,1-2H3. The molecule has 0 spiro atoms. The maximum Gasteiger partial charge on any atom is 0.210 e. The van der Waals surface area contributed by atoms with Gasteiger partial charge in [-0.3, -0.25) is 0 Å². The average Bonchev–Trinajstić information content (AvgIpc) is 2.84. The molecule has 0 radical (unpaired) electrons. The summed E-state index contributed by atoms with van der Waals surface area (Å²) in [6, 6.07) is 0. The number of hydrogen-bond acceptors (Lipinski definition) is 7. The second kappa shape index (κ2) is 4.31. The average molecular weight is 243 g/mol. The fourth-order valence-electron chi connectivity index (χ4n) is 1.00. The van der Waals surface area contributed by atoms with E-state index in [1.807, 2.05) is 12.3 Å². The highest BCUT2D eigenvalue weighted by Crippen LogP contribution is 2.27. The summed E-state index contributed by atoms with van der Waals surface area (Å²) < 4.78 is 4.74. The lowest BCUT2D eigenvalue weighted by Gasteiger charge is -2.00. The molecule has 1 unspecified atom stereocenters. The van der Waals surface area contributed by atoms with E-state index >= 15 is 0 Å². The van der Waals surface area contributed by atoms with E-state index in [-0.39, 0.29) is 0 Å². The topological polar surface area (TPSA) is 68.1 Å². The summed E-state index contributed by atoms with van der Waals surface area (Å²) in [5.74, 6) is 0. The second-order valence-electron chi connectivity index (χ2n) is 2.79. The van der Waals surface area contributed by atoms with E-state index in [2.05, 4.69) is 15.2 Å². The number of aliphatic hydroxyl groups is 1. The third kappa shape index (κ3) is 2.20. The van der Waals surface area contributed by atoms with Crippen molar-refractivity contribution in [2.75, 3.05) is 7.11 Å². The Labute approximate surface area is 94.4 Å². The smallest absolute Gasteiger partial charge is 0.210 e. The molecule has 0 saturated carbocycles. The minimum absolute atomic E-state index is 0.443. The van der Waals surface area contributed by atoms with E-state index in [0.717, 1.165) is 10.7 Å². The molecule has 7 heteroatoms. The maximum absolute atomic E-state index is 9.36. The summed E-state index contributed by atoms with van der Waals surface area (Å²) in [6.45, 7) is 1.93. The molecule has 0 aliphatic heterocycles. The summed E-state index contributed by atoms with van der Waals surface area (Å²) in [5, 5.41) is 21.2. The van der Waals surface area contributed by atoms with Gasteiger partial charge in [-0.1, -0.05) is 11.3 Å². The SMILES string of the molecule is COC(O)c1nnc(-c2csc(C)n2)s1. The molecule has 0 bridgehead atoms. The van der Waals surface area contributed by atoms with Crippen LogP contribution in [0.25, 0.3) is 10.7 Å². The van der Waals surface area contributed by atoms with Crippen LogP contribution in [-0.4, -0.2) is 27.4 Å². The van der Waals surface area contributed by atoms with Gasteiger partial charge in [0.25, 0.3) is 0 Å². The molecule has 0 aliphatic carbocycles. The van der Waals surface area contributed by atoms with Crippen LogP contribution in [0.5, 0.6) is 0 Å². The van der Waals surface area contributed by atoms with Crippen LogP contribution in [0.1, 0.15) is 16.3 Å². The first-order valence-electron chi connectivity index (χ1n) is 4.17. The van der Waals surface area contributed by atoms with Crippen LogP contribution in [0, 0.1) is 6.92 Å². The zero-order valence-corrected chi connectivity index (χ0v) is 9.80. The summed E-state index contributed by atoms with van der Waals surface area (Å²) in [5.41, 5.74) is 0.796. The molecule has 5 nitrogen and oxygen atoms in total. The number of aliphatic hydroxyl groups excluding tert-OH is 1. The molecule has 80 valence electrons. The normalized spacial score (nSPS) is 13.0. The van der Waals surface area contributed by atoms with Crippen LogP contribution in [0.2, 0.25) is 0 Å². The molecular formula is C8H9N3O2S2. The van der Waals surface area contributed by atoms with Gasteiger partial charge in [-0.2, -0.15) is 0 Å². The molecule has 0 saturated heterocycles. The van der Waals surface area contributed by atoms with Gasteiger partial charge in [0.15, 0.2) is 10.0 Å². The number of methoxy groups -OCH3 is 1. The first-order valence-corrected chi connectivity index (χ1v) is 5.87. The summed E-state index contributed by atoms with van der Waals surface area (Å²) in [6.07, 6.45) is -1.00. The van der Waals surface area contributed by atoms with Crippen molar-refractivity contribution in [3.63, 3.8) is 0 Å². The molecule has 0 aromatic carbocycles. The van der Waals surface area contributed by atoms with Gasteiger partial charge in [0.2, 0.25) is 6.29 Å². The van der Waals surface area contributed by atoms with Crippen molar-refractivity contribution in [3.8, 4) is 10.7 Å².